The van der Waals surface area contributed by atoms with E-state index in [0.717, 1.165) is 69.5 Å². The molecule has 2 aromatic rings. The Labute approximate surface area is 192 Å². The van der Waals surface area contributed by atoms with Crippen molar-refractivity contribution in [2.75, 3.05) is 6.61 Å². The quantitative estimate of drug-likeness (QED) is 0.670. The minimum Gasteiger partial charge on any atom is -0.507 e. The van der Waals surface area contributed by atoms with Crippen LogP contribution >= 0.6 is 11.8 Å². The summed E-state index contributed by atoms with van der Waals surface area (Å²) in [5.41, 5.74) is 5.04. The number of hydrogen-bond acceptors (Lipinski definition) is 6. The molecule has 32 heavy (non-hydrogen) atoms. The third kappa shape index (κ3) is 3.83. The van der Waals surface area contributed by atoms with Crippen LogP contribution in [0.15, 0.2) is 18.2 Å². The SMILES string of the molecule is CCOc1cc(CC2SC(=O)NC2=O)ccc1C1(C)CCc2c(C)c(O)c(C)c(C)c2O1. The molecule has 0 aliphatic carbocycles. The average Bonchev–Trinajstić information content (AvgIpc) is 3.07. The molecule has 2 N–H and O–H groups in total. The Kier molecular flexibility index (Phi) is 5.88. The van der Waals surface area contributed by atoms with Crippen molar-refractivity contribution < 1.29 is 24.2 Å². The second-order valence-corrected chi connectivity index (χ2v) is 9.89. The molecule has 7 heteroatoms. The van der Waals surface area contributed by atoms with Crippen LogP contribution in [0.3, 0.4) is 0 Å². The van der Waals surface area contributed by atoms with Gasteiger partial charge >= 0.3 is 0 Å². The number of carbonyl (C=O) groups excluding carboxylic acids is 2. The highest BCUT2D eigenvalue weighted by Gasteiger charge is 2.38. The molecule has 170 valence electrons. The van der Waals surface area contributed by atoms with Crippen molar-refractivity contribution in [3.63, 3.8) is 0 Å². The van der Waals surface area contributed by atoms with Crippen molar-refractivity contribution in [3.8, 4) is 17.2 Å². The Hall–Kier alpha value is -2.67. The second kappa shape index (κ2) is 8.35. The molecule has 0 spiro atoms. The molecule has 1 saturated heterocycles. The number of amides is 2. The Bertz CT molecular complexity index is 1110. The van der Waals surface area contributed by atoms with Gasteiger partial charge in [-0.2, -0.15) is 0 Å². The molecule has 2 heterocycles. The van der Waals surface area contributed by atoms with Crippen LogP contribution in [0.4, 0.5) is 4.79 Å². The maximum atomic E-state index is 12.0. The van der Waals surface area contributed by atoms with Crippen molar-refractivity contribution in [2.45, 2.75) is 64.7 Å². The summed E-state index contributed by atoms with van der Waals surface area (Å²) in [6, 6.07) is 5.96. The van der Waals surface area contributed by atoms with E-state index in [1.165, 1.54) is 0 Å². The number of phenols is 1. The second-order valence-electron chi connectivity index (χ2n) is 8.72. The molecule has 2 atom stereocenters. The first-order chi connectivity index (χ1) is 15.1. The molecule has 0 radical (unpaired) electrons. The summed E-state index contributed by atoms with van der Waals surface area (Å²) in [5.74, 6) is 1.68. The van der Waals surface area contributed by atoms with Crippen LogP contribution in [-0.4, -0.2) is 28.1 Å². The standard InChI is InChI=1S/C25H29NO5S/c1-6-30-19-11-16(12-20-23(28)26-24(29)32-20)7-8-18(19)25(5)10-9-17-15(4)21(27)13(2)14(3)22(17)31-25/h7-8,11,20,27H,6,9-10,12H2,1-5H3,(H,26,28,29). The molecule has 2 aromatic carbocycles. The van der Waals surface area contributed by atoms with Gasteiger partial charge in [0.1, 0.15) is 22.8 Å². The Balaban J connectivity index is 1.68. The maximum absolute atomic E-state index is 12.0. The zero-order valence-electron chi connectivity index (χ0n) is 19.1. The van der Waals surface area contributed by atoms with E-state index in [2.05, 4.69) is 12.2 Å². The zero-order chi connectivity index (χ0) is 23.2. The van der Waals surface area contributed by atoms with Gasteiger partial charge in [0.05, 0.1) is 11.9 Å². The third-order valence-electron chi connectivity index (χ3n) is 6.62. The van der Waals surface area contributed by atoms with Gasteiger partial charge in [-0.1, -0.05) is 23.9 Å². The molecule has 1 fully saturated rings. The van der Waals surface area contributed by atoms with Gasteiger partial charge in [-0.3, -0.25) is 14.9 Å². The Morgan fingerprint density at radius 3 is 2.62 bits per heavy atom. The summed E-state index contributed by atoms with van der Waals surface area (Å²) >= 11 is 1.03. The van der Waals surface area contributed by atoms with Gasteiger partial charge in [-0.15, -0.1) is 0 Å². The minimum absolute atomic E-state index is 0.245. The lowest BCUT2D eigenvalue weighted by atomic mass is 9.82. The van der Waals surface area contributed by atoms with E-state index in [0.29, 0.717) is 18.8 Å². The number of ether oxygens (including phenoxy) is 2. The lowest BCUT2D eigenvalue weighted by Crippen LogP contribution is -2.35. The fourth-order valence-corrected chi connectivity index (χ4v) is 5.44. The average molecular weight is 456 g/mol. The van der Waals surface area contributed by atoms with Gasteiger partial charge in [-0.05, 0) is 82.2 Å². The fourth-order valence-electron chi connectivity index (χ4n) is 4.58. The van der Waals surface area contributed by atoms with Crippen LogP contribution in [0.1, 0.15) is 53.6 Å². The fraction of sp³-hybridized carbons (Fsp3) is 0.440. The van der Waals surface area contributed by atoms with Gasteiger partial charge in [0, 0.05) is 11.1 Å². The molecule has 6 nitrogen and oxygen atoms in total. The van der Waals surface area contributed by atoms with Crippen molar-refractivity contribution in [1.82, 2.24) is 5.32 Å². The molecular formula is C25H29NO5S. The summed E-state index contributed by atoms with van der Waals surface area (Å²) in [5, 5.41) is 12.1. The Morgan fingerprint density at radius 1 is 1.22 bits per heavy atom. The maximum Gasteiger partial charge on any atom is 0.286 e. The van der Waals surface area contributed by atoms with Gasteiger partial charge in [0.15, 0.2) is 0 Å². The molecule has 2 amide bonds. The molecule has 2 aliphatic heterocycles. The van der Waals surface area contributed by atoms with E-state index in [-0.39, 0.29) is 11.1 Å². The molecule has 4 rings (SSSR count). The summed E-state index contributed by atoms with van der Waals surface area (Å²) in [7, 11) is 0. The highest BCUT2D eigenvalue weighted by Crippen LogP contribution is 2.48. The number of thioether (sulfide) groups is 1. The minimum atomic E-state index is -0.591. The predicted octanol–water partition coefficient (Wildman–Crippen LogP) is 4.85. The Morgan fingerprint density at radius 2 is 1.97 bits per heavy atom. The first-order valence-corrected chi connectivity index (χ1v) is 11.8. The molecule has 2 aliphatic rings. The summed E-state index contributed by atoms with van der Waals surface area (Å²) in [6.07, 6.45) is 2.00. The highest BCUT2D eigenvalue weighted by molar-refractivity contribution is 8.15. The van der Waals surface area contributed by atoms with E-state index in [1.807, 2.05) is 45.9 Å². The van der Waals surface area contributed by atoms with Crippen molar-refractivity contribution >= 4 is 22.9 Å². The first kappa shape index (κ1) is 22.5. The number of phenolic OH excluding ortho intramolecular Hbond substituents is 1. The number of nitrogens with one attached hydrogen (secondary N) is 1. The largest absolute Gasteiger partial charge is 0.507 e. The zero-order valence-corrected chi connectivity index (χ0v) is 19.9. The lowest BCUT2D eigenvalue weighted by Gasteiger charge is -2.39. The predicted molar refractivity (Wildman–Crippen MR) is 125 cm³/mol. The summed E-state index contributed by atoms with van der Waals surface area (Å²) in [6.45, 7) is 10.4. The van der Waals surface area contributed by atoms with Crippen LogP contribution < -0.4 is 14.8 Å². The highest BCUT2D eigenvalue weighted by atomic mass is 32.2. The first-order valence-electron chi connectivity index (χ1n) is 10.9. The summed E-state index contributed by atoms with van der Waals surface area (Å²) < 4.78 is 12.6. The molecule has 0 bridgehead atoms. The smallest absolute Gasteiger partial charge is 0.286 e. The lowest BCUT2D eigenvalue weighted by molar-refractivity contribution is -0.118. The van der Waals surface area contributed by atoms with Crippen LogP contribution in [0.5, 0.6) is 17.2 Å². The topological polar surface area (TPSA) is 84.9 Å². The van der Waals surface area contributed by atoms with Crippen LogP contribution in [0.2, 0.25) is 0 Å². The van der Waals surface area contributed by atoms with Crippen molar-refractivity contribution in [3.05, 3.63) is 51.6 Å². The van der Waals surface area contributed by atoms with E-state index < -0.39 is 10.9 Å². The number of rotatable bonds is 5. The number of carbonyl (C=O) groups is 2. The van der Waals surface area contributed by atoms with Gasteiger partial charge < -0.3 is 14.6 Å². The number of aromatic hydroxyl groups is 1. The monoisotopic (exact) mass is 455 g/mol. The van der Waals surface area contributed by atoms with Gasteiger partial charge in [-0.25, -0.2) is 0 Å². The molecule has 0 saturated carbocycles. The molecular weight excluding hydrogens is 426 g/mol. The molecule has 2 unspecified atom stereocenters. The number of imide groups is 1. The van der Waals surface area contributed by atoms with Gasteiger partial charge in [0.25, 0.3) is 5.24 Å². The van der Waals surface area contributed by atoms with E-state index in [9.17, 15) is 14.7 Å². The van der Waals surface area contributed by atoms with E-state index in [4.69, 9.17) is 9.47 Å². The normalized spacial score (nSPS) is 22.3. The van der Waals surface area contributed by atoms with Crippen molar-refractivity contribution in [2.24, 2.45) is 0 Å². The number of benzene rings is 2. The molecule has 0 aromatic heterocycles. The van der Waals surface area contributed by atoms with Gasteiger partial charge in [0.2, 0.25) is 5.91 Å². The van der Waals surface area contributed by atoms with E-state index in [1.54, 1.807) is 0 Å². The summed E-state index contributed by atoms with van der Waals surface area (Å²) in [4.78, 5) is 23.5. The van der Waals surface area contributed by atoms with Crippen LogP contribution in [0, 0.1) is 20.8 Å². The van der Waals surface area contributed by atoms with Crippen LogP contribution in [0.25, 0.3) is 0 Å². The number of hydrogen-bond donors (Lipinski definition) is 2. The number of fused-ring (bicyclic) bond motifs is 1. The van der Waals surface area contributed by atoms with E-state index >= 15 is 0 Å². The third-order valence-corrected chi connectivity index (χ3v) is 7.60. The van der Waals surface area contributed by atoms with Crippen molar-refractivity contribution in [1.29, 1.82) is 0 Å². The van der Waals surface area contributed by atoms with Crippen LogP contribution in [-0.2, 0) is 23.2 Å².